The molecule has 28 heavy (non-hydrogen) atoms. The number of piperidine rings is 1. The smallest absolute Gasteiger partial charge is 0.276 e. The van der Waals surface area contributed by atoms with Crippen LogP contribution in [0.25, 0.3) is 0 Å². The summed E-state index contributed by atoms with van der Waals surface area (Å²) in [7, 11) is 0. The third-order valence-electron chi connectivity index (χ3n) is 5.96. The minimum Gasteiger partial charge on any atom is -0.493 e. The third kappa shape index (κ3) is 4.54. The molecule has 1 unspecified atom stereocenters. The highest BCUT2D eigenvalue weighted by Crippen LogP contribution is 2.27. The van der Waals surface area contributed by atoms with Crippen LogP contribution in [0, 0.1) is 12.8 Å². The van der Waals surface area contributed by atoms with Crippen LogP contribution in [-0.4, -0.2) is 45.5 Å². The number of carbonyl (C=O) groups is 1. The lowest BCUT2D eigenvalue weighted by molar-refractivity contribution is 0.0627. The van der Waals surface area contributed by atoms with Gasteiger partial charge in [0.2, 0.25) is 0 Å². The minimum atomic E-state index is 0.00214. The van der Waals surface area contributed by atoms with Crippen LogP contribution in [0.2, 0.25) is 0 Å². The molecule has 1 aromatic carbocycles. The van der Waals surface area contributed by atoms with Crippen molar-refractivity contribution in [3.63, 3.8) is 0 Å². The highest BCUT2D eigenvalue weighted by atomic mass is 16.5. The summed E-state index contributed by atoms with van der Waals surface area (Å²) in [6.07, 6.45) is 10.00. The maximum absolute atomic E-state index is 12.9. The molecule has 0 spiro atoms. The molecule has 1 saturated carbocycles. The van der Waals surface area contributed by atoms with Gasteiger partial charge in [-0.05, 0) is 50.3 Å². The Labute approximate surface area is 166 Å². The van der Waals surface area contributed by atoms with Crippen molar-refractivity contribution in [2.24, 2.45) is 5.92 Å². The molecular formula is C22H30N4O2. The number of aryl methyl sites for hydroxylation is 1. The minimum absolute atomic E-state index is 0.00214. The van der Waals surface area contributed by atoms with Crippen LogP contribution in [0.3, 0.4) is 0 Å². The monoisotopic (exact) mass is 382 g/mol. The zero-order valence-corrected chi connectivity index (χ0v) is 16.7. The number of benzene rings is 1. The Morgan fingerprint density at radius 3 is 2.86 bits per heavy atom. The topological polar surface area (TPSA) is 60.2 Å². The van der Waals surface area contributed by atoms with E-state index in [1.165, 1.54) is 24.8 Å². The van der Waals surface area contributed by atoms with Gasteiger partial charge in [-0.2, -0.15) is 0 Å². The van der Waals surface area contributed by atoms with E-state index in [-0.39, 0.29) is 5.91 Å². The van der Waals surface area contributed by atoms with Crippen LogP contribution in [0.15, 0.2) is 30.5 Å². The van der Waals surface area contributed by atoms with Gasteiger partial charge in [0.25, 0.3) is 5.91 Å². The van der Waals surface area contributed by atoms with Crippen LogP contribution in [0.4, 0.5) is 0 Å². The van der Waals surface area contributed by atoms with E-state index in [9.17, 15) is 4.79 Å². The van der Waals surface area contributed by atoms with Gasteiger partial charge in [0.1, 0.15) is 5.75 Å². The Morgan fingerprint density at radius 2 is 2.04 bits per heavy atom. The molecule has 150 valence electrons. The van der Waals surface area contributed by atoms with E-state index < -0.39 is 0 Å². The Bertz CT molecular complexity index is 797. The zero-order valence-electron chi connectivity index (χ0n) is 16.7. The van der Waals surface area contributed by atoms with Crippen molar-refractivity contribution in [3.05, 3.63) is 41.7 Å². The quantitative estimate of drug-likeness (QED) is 0.783. The summed E-state index contributed by atoms with van der Waals surface area (Å²) in [4.78, 5) is 14.8. The number of amides is 1. The van der Waals surface area contributed by atoms with Crippen molar-refractivity contribution < 1.29 is 9.53 Å². The standard InChI is InChI=1S/C22H30N4O2/c1-17-7-5-11-20(13-17)28-16-18-8-6-12-25(14-18)22(27)21-15-26(24-23-21)19-9-3-2-4-10-19/h5,7,11,13,15,18-19H,2-4,6,8-10,12,14,16H2,1H3. The molecule has 4 rings (SSSR count). The number of aromatic nitrogens is 3. The van der Waals surface area contributed by atoms with Gasteiger partial charge in [-0.15, -0.1) is 5.10 Å². The van der Waals surface area contributed by atoms with E-state index >= 15 is 0 Å². The van der Waals surface area contributed by atoms with E-state index in [1.54, 1.807) is 0 Å². The summed E-state index contributed by atoms with van der Waals surface area (Å²) >= 11 is 0. The van der Waals surface area contributed by atoms with Crippen molar-refractivity contribution in [2.45, 2.75) is 57.9 Å². The Balaban J connectivity index is 1.33. The maximum Gasteiger partial charge on any atom is 0.276 e. The second-order valence-corrected chi connectivity index (χ2v) is 8.26. The highest BCUT2D eigenvalue weighted by molar-refractivity contribution is 5.92. The molecule has 2 aromatic rings. The number of nitrogens with zero attached hydrogens (tertiary/aromatic N) is 4. The van der Waals surface area contributed by atoms with E-state index in [0.717, 1.165) is 44.5 Å². The number of hydrogen-bond acceptors (Lipinski definition) is 4. The third-order valence-corrected chi connectivity index (χ3v) is 5.96. The lowest BCUT2D eigenvalue weighted by Gasteiger charge is -2.32. The molecular weight excluding hydrogens is 352 g/mol. The summed E-state index contributed by atoms with van der Waals surface area (Å²) in [5, 5.41) is 8.44. The fourth-order valence-corrected chi connectivity index (χ4v) is 4.37. The molecule has 1 aromatic heterocycles. The molecule has 0 bridgehead atoms. The molecule has 2 fully saturated rings. The summed E-state index contributed by atoms with van der Waals surface area (Å²) < 4.78 is 7.88. The molecule has 2 heterocycles. The summed E-state index contributed by atoms with van der Waals surface area (Å²) in [5.41, 5.74) is 1.67. The van der Waals surface area contributed by atoms with Gasteiger partial charge in [0.15, 0.2) is 5.69 Å². The molecule has 2 aliphatic rings. The molecule has 1 aliphatic carbocycles. The first kappa shape index (κ1) is 19.0. The van der Waals surface area contributed by atoms with Crippen LogP contribution in [0.5, 0.6) is 5.75 Å². The predicted molar refractivity (Wildman–Crippen MR) is 107 cm³/mol. The zero-order chi connectivity index (χ0) is 19.3. The van der Waals surface area contributed by atoms with Crippen LogP contribution in [0.1, 0.15) is 67.0 Å². The van der Waals surface area contributed by atoms with Gasteiger partial charge in [0, 0.05) is 19.0 Å². The molecule has 0 radical (unpaired) electrons. The predicted octanol–water partition coefficient (Wildman–Crippen LogP) is 4.02. The summed E-state index contributed by atoms with van der Waals surface area (Å²) in [6.45, 7) is 4.22. The number of ether oxygens (including phenoxy) is 1. The first-order valence-corrected chi connectivity index (χ1v) is 10.6. The average molecular weight is 383 g/mol. The fraction of sp³-hybridized carbons (Fsp3) is 0.591. The average Bonchev–Trinajstić information content (AvgIpc) is 3.23. The Kier molecular flexibility index (Phi) is 5.93. The number of likely N-dealkylation sites (tertiary alicyclic amines) is 1. The van der Waals surface area contributed by atoms with E-state index in [1.807, 2.05) is 27.9 Å². The van der Waals surface area contributed by atoms with E-state index in [4.69, 9.17) is 4.74 Å². The van der Waals surface area contributed by atoms with Crippen LogP contribution < -0.4 is 4.74 Å². The van der Waals surface area contributed by atoms with Gasteiger partial charge in [-0.3, -0.25) is 4.79 Å². The first-order valence-electron chi connectivity index (χ1n) is 10.6. The molecule has 0 N–H and O–H groups in total. The van der Waals surface area contributed by atoms with Crippen molar-refractivity contribution in [1.82, 2.24) is 19.9 Å². The number of rotatable bonds is 5. The molecule has 6 nitrogen and oxygen atoms in total. The molecule has 1 atom stereocenters. The van der Waals surface area contributed by atoms with E-state index in [0.29, 0.717) is 24.3 Å². The summed E-state index contributed by atoms with van der Waals surface area (Å²) in [5.74, 6) is 1.26. The van der Waals surface area contributed by atoms with Crippen molar-refractivity contribution in [3.8, 4) is 5.75 Å². The lowest BCUT2D eigenvalue weighted by Crippen LogP contribution is -2.41. The molecule has 1 amide bonds. The van der Waals surface area contributed by atoms with Crippen LogP contribution >= 0.6 is 0 Å². The number of hydrogen-bond donors (Lipinski definition) is 0. The SMILES string of the molecule is Cc1cccc(OCC2CCCN(C(=O)c3cn(C4CCCCC4)nn3)C2)c1. The normalized spacial score (nSPS) is 20.9. The van der Waals surface area contributed by atoms with Crippen molar-refractivity contribution >= 4 is 5.91 Å². The summed E-state index contributed by atoms with van der Waals surface area (Å²) in [6, 6.07) is 8.52. The number of carbonyl (C=O) groups excluding carboxylic acids is 1. The highest BCUT2D eigenvalue weighted by Gasteiger charge is 2.27. The lowest BCUT2D eigenvalue weighted by atomic mass is 9.96. The van der Waals surface area contributed by atoms with Gasteiger partial charge in [-0.1, -0.05) is 36.6 Å². The van der Waals surface area contributed by atoms with E-state index in [2.05, 4.69) is 29.4 Å². The van der Waals surface area contributed by atoms with Crippen molar-refractivity contribution in [2.75, 3.05) is 19.7 Å². The molecule has 1 saturated heterocycles. The molecule has 6 heteroatoms. The second kappa shape index (κ2) is 8.76. The Hall–Kier alpha value is -2.37. The largest absolute Gasteiger partial charge is 0.493 e. The van der Waals surface area contributed by atoms with Crippen molar-refractivity contribution in [1.29, 1.82) is 0 Å². The van der Waals surface area contributed by atoms with Gasteiger partial charge >= 0.3 is 0 Å². The fourth-order valence-electron chi connectivity index (χ4n) is 4.37. The molecule has 1 aliphatic heterocycles. The second-order valence-electron chi connectivity index (χ2n) is 8.26. The van der Waals surface area contributed by atoms with Crippen LogP contribution in [-0.2, 0) is 0 Å². The van der Waals surface area contributed by atoms with Gasteiger partial charge < -0.3 is 9.64 Å². The Morgan fingerprint density at radius 1 is 1.18 bits per heavy atom. The maximum atomic E-state index is 12.9. The first-order chi connectivity index (χ1) is 13.7. The van der Waals surface area contributed by atoms with Gasteiger partial charge in [-0.25, -0.2) is 4.68 Å². The van der Waals surface area contributed by atoms with Gasteiger partial charge in [0.05, 0.1) is 18.8 Å².